The molecule has 9 heteroatoms. The SMILES string of the molecule is Cc1c(-c2[nH]c3sc([C@@H]4CC5C[C@H]4CN5C4CC5(C4)CS(=O)(=O)C5)c(C)c3c2C(C)C)cn2ncnc2c1C. The molecule has 39 heavy (non-hydrogen) atoms. The molecule has 206 valence electrons. The number of fused-ring (bicyclic) bond motifs is 4. The van der Waals surface area contributed by atoms with E-state index in [1.165, 1.54) is 63.1 Å². The highest BCUT2D eigenvalue weighted by Gasteiger charge is 2.60. The first-order valence-electron chi connectivity index (χ1n) is 14.4. The molecular formula is C30H37N5O2S2. The minimum absolute atomic E-state index is 0.133. The largest absolute Gasteiger partial charge is 0.346 e. The number of aromatic nitrogens is 4. The zero-order valence-electron chi connectivity index (χ0n) is 23.4. The Balaban J connectivity index is 1.10. The smallest absolute Gasteiger partial charge is 0.158 e. The Morgan fingerprint density at radius 2 is 1.85 bits per heavy atom. The molecule has 3 atom stereocenters. The van der Waals surface area contributed by atoms with Crippen LogP contribution in [0.2, 0.25) is 0 Å². The van der Waals surface area contributed by atoms with Gasteiger partial charge in [0.1, 0.15) is 11.2 Å². The normalized spacial score (nSPS) is 27.8. The molecule has 6 heterocycles. The summed E-state index contributed by atoms with van der Waals surface area (Å²) in [6.45, 7) is 12.5. The van der Waals surface area contributed by atoms with Crippen molar-refractivity contribution >= 4 is 37.0 Å². The molecule has 4 aromatic rings. The summed E-state index contributed by atoms with van der Waals surface area (Å²) in [6, 6.07) is 1.28. The lowest BCUT2D eigenvalue weighted by molar-refractivity contribution is 0.00101. The predicted molar refractivity (Wildman–Crippen MR) is 157 cm³/mol. The molecule has 1 unspecified atom stereocenters. The van der Waals surface area contributed by atoms with Crippen molar-refractivity contribution in [2.45, 2.75) is 84.2 Å². The molecule has 4 aliphatic rings. The first-order chi connectivity index (χ1) is 18.5. The molecule has 8 rings (SSSR count). The maximum Gasteiger partial charge on any atom is 0.158 e. The number of hydrogen-bond acceptors (Lipinski definition) is 6. The summed E-state index contributed by atoms with van der Waals surface area (Å²) < 4.78 is 25.4. The van der Waals surface area contributed by atoms with E-state index in [-0.39, 0.29) is 5.41 Å². The van der Waals surface area contributed by atoms with Crippen molar-refractivity contribution in [1.29, 1.82) is 0 Å². The number of thiophene rings is 1. The highest BCUT2D eigenvalue weighted by atomic mass is 32.2. The molecule has 2 saturated carbocycles. The van der Waals surface area contributed by atoms with Gasteiger partial charge in [-0.3, -0.25) is 4.90 Å². The van der Waals surface area contributed by atoms with Crippen LogP contribution in [0.4, 0.5) is 0 Å². The molecule has 2 aliphatic carbocycles. The number of hydrogen-bond donors (Lipinski definition) is 1. The Morgan fingerprint density at radius 1 is 1.08 bits per heavy atom. The number of pyridine rings is 1. The molecule has 7 nitrogen and oxygen atoms in total. The number of sulfone groups is 1. The first kappa shape index (κ1) is 24.6. The summed E-state index contributed by atoms with van der Waals surface area (Å²) in [4.78, 5) is 14.0. The topological polar surface area (TPSA) is 83.4 Å². The van der Waals surface area contributed by atoms with Gasteiger partial charge < -0.3 is 4.98 Å². The molecule has 0 radical (unpaired) electrons. The fraction of sp³-hybridized carbons (Fsp3) is 0.600. The maximum absolute atomic E-state index is 11.8. The zero-order valence-corrected chi connectivity index (χ0v) is 25.0. The zero-order chi connectivity index (χ0) is 27.0. The Labute approximate surface area is 233 Å². The molecule has 2 aliphatic heterocycles. The van der Waals surface area contributed by atoms with E-state index >= 15 is 0 Å². The second-order valence-electron chi connectivity index (χ2n) is 13.5. The Hall–Kier alpha value is -2.23. The number of piperidine rings is 1. The van der Waals surface area contributed by atoms with Gasteiger partial charge in [0.25, 0.3) is 0 Å². The quantitative estimate of drug-likeness (QED) is 0.342. The van der Waals surface area contributed by atoms with Crippen LogP contribution in [0.15, 0.2) is 12.5 Å². The number of H-pyrrole nitrogens is 1. The van der Waals surface area contributed by atoms with Crippen LogP contribution in [0, 0.1) is 32.1 Å². The fourth-order valence-corrected chi connectivity index (χ4v) is 12.6. The van der Waals surface area contributed by atoms with Gasteiger partial charge in [-0.2, -0.15) is 5.10 Å². The summed E-state index contributed by atoms with van der Waals surface area (Å²) in [5, 5.41) is 5.88. The van der Waals surface area contributed by atoms with Gasteiger partial charge in [0.2, 0.25) is 0 Å². The first-order valence-corrected chi connectivity index (χ1v) is 17.1. The van der Waals surface area contributed by atoms with E-state index < -0.39 is 9.84 Å². The number of aryl methyl sites for hydroxylation is 2. The third-order valence-electron chi connectivity index (χ3n) is 10.7. The Morgan fingerprint density at radius 3 is 2.51 bits per heavy atom. The second kappa shape index (κ2) is 7.95. The average molecular weight is 564 g/mol. The van der Waals surface area contributed by atoms with Crippen LogP contribution in [0.5, 0.6) is 0 Å². The molecular weight excluding hydrogens is 526 g/mol. The minimum atomic E-state index is -2.73. The van der Waals surface area contributed by atoms with E-state index in [0.717, 1.165) is 24.4 Å². The molecule has 2 bridgehead atoms. The van der Waals surface area contributed by atoms with Crippen LogP contribution in [-0.4, -0.2) is 63.0 Å². The fourth-order valence-electron chi connectivity index (χ4n) is 8.90. The Bertz CT molecular complexity index is 1760. The number of nitrogens with zero attached hydrogens (tertiary/aromatic N) is 4. The summed E-state index contributed by atoms with van der Waals surface area (Å²) in [7, 11) is -2.73. The van der Waals surface area contributed by atoms with Crippen molar-refractivity contribution < 1.29 is 8.42 Å². The van der Waals surface area contributed by atoms with Crippen molar-refractivity contribution in [3.63, 3.8) is 0 Å². The predicted octanol–water partition coefficient (Wildman–Crippen LogP) is 5.74. The molecule has 0 aromatic carbocycles. The molecule has 2 saturated heterocycles. The molecule has 1 spiro atoms. The minimum Gasteiger partial charge on any atom is -0.346 e. The van der Waals surface area contributed by atoms with Gasteiger partial charge in [-0.05, 0) is 86.5 Å². The van der Waals surface area contributed by atoms with Crippen molar-refractivity contribution in [1.82, 2.24) is 24.5 Å². The lowest BCUT2D eigenvalue weighted by atomic mass is 9.66. The summed E-state index contributed by atoms with van der Waals surface area (Å²) in [6.07, 6.45) is 8.52. The standard InChI is InChI=1S/C30H37N5O2S2/c1-15(2)24-25-18(5)27(38-29(25)33-26(24)23-11-35-28(31-14-32-35)17(4)16(23)3)22-7-20-6-19(22)10-34(20)21-8-30(9-21)12-39(36,37)13-30/h11,14-15,19-22,33H,6-10,12-13H2,1-5H3/t19-,20?,22+/m0/s1. The van der Waals surface area contributed by atoms with E-state index in [4.69, 9.17) is 0 Å². The number of rotatable bonds is 4. The Kier molecular flexibility index (Phi) is 5.00. The van der Waals surface area contributed by atoms with Gasteiger partial charge >= 0.3 is 0 Å². The molecule has 4 aromatic heterocycles. The maximum atomic E-state index is 11.8. The van der Waals surface area contributed by atoms with Crippen LogP contribution >= 0.6 is 11.3 Å². The molecule has 4 fully saturated rings. The summed E-state index contributed by atoms with van der Waals surface area (Å²) >= 11 is 1.99. The van der Waals surface area contributed by atoms with E-state index in [1.807, 2.05) is 15.9 Å². The third-order valence-corrected chi connectivity index (χ3v) is 14.2. The van der Waals surface area contributed by atoms with Crippen LogP contribution in [0.25, 0.3) is 27.1 Å². The monoisotopic (exact) mass is 563 g/mol. The van der Waals surface area contributed by atoms with Crippen molar-refractivity contribution in [2.24, 2.45) is 11.3 Å². The van der Waals surface area contributed by atoms with Crippen molar-refractivity contribution in [3.05, 3.63) is 39.7 Å². The van der Waals surface area contributed by atoms with E-state index in [0.29, 0.717) is 35.4 Å². The molecule has 1 N–H and O–H groups in total. The highest BCUT2D eigenvalue weighted by molar-refractivity contribution is 7.92. The van der Waals surface area contributed by atoms with Gasteiger partial charge in [-0.15, -0.1) is 11.3 Å². The van der Waals surface area contributed by atoms with Crippen molar-refractivity contribution in [3.8, 4) is 11.3 Å². The van der Waals surface area contributed by atoms with Gasteiger partial charge in [0.15, 0.2) is 15.5 Å². The number of aromatic amines is 1. The lowest BCUT2D eigenvalue weighted by Gasteiger charge is -2.57. The highest BCUT2D eigenvalue weighted by Crippen LogP contribution is 2.58. The second-order valence-corrected chi connectivity index (χ2v) is 16.6. The van der Waals surface area contributed by atoms with Crippen molar-refractivity contribution in [2.75, 3.05) is 18.1 Å². The van der Waals surface area contributed by atoms with Gasteiger partial charge in [0.05, 0.1) is 17.2 Å². The third kappa shape index (κ3) is 3.39. The van der Waals surface area contributed by atoms with Gasteiger partial charge in [-0.25, -0.2) is 17.9 Å². The van der Waals surface area contributed by atoms with E-state index in [2.05, 4.69) is 60.8 Å². The lowest BCUT2D eigenvalue weighted by Crippen LogP contribution is -2.63. The average Bonchev–Trinajstić information content (AvgIpc) is 3.64. The van der Waals surface area contributed by atoms with Crippen LogP contribution in [-0.2, 0) is 9.84 Å². The van der Waals surface area contributed by atoms with E-state index in [1.54, 1.807) is 11.2 Å². The van der Waals surface area contributed by atoms with Crippen LogP contribution < -0.4 is 0 Å². The summed E-state index contributed by atoms with van der Waals surface area (Å²) in [5.41, 5.74) is 8.84. The number of nitrogens with one attached hydrogen (secondary N) is 1. The van der Waals surface area contributed by atoms with Gasteiger partial charge in [0, 0.05) is 46.1 Å². The molecule has 0 amide bonds. The van der Waals surface area contributed by atoms with E-state index in [9.17, 15) is 8.42 Å². The van der Waals surface area contributed by atoms with Crippen LogP contribution in [0.3, 0.4) is 0 Å². The number of likely N-dealkylation sites (tertiary alicyclic amines) is 1. The summed E-state index contributed by atoms with van der Waals surface area (Å²) in [5.74, 6) is 2.65. The van der Waals surface area contributed by atoms with Crippen LogP contribution in [0.1, 0.15) is 78.5 Å². The van der Waals surface area contributed by atoms with Gasteiger partial charge in [-0.1, -0.05) is 13.8 Å².